The molecule has 0 atom stereocenters. The summed E-state index contributed by atoms with van der Waals surface area (Å²) in [4.78, 5) is 26.2. The number of fused-ring (bicyclic) bond motifs is 1. The Balaban J connectivity index is 1.97. The number of unbranched alkanes of at least 4 members (excludes halogenated alkanes) is 2. The van der Waals surface area contributed by atoms with Gasteiger partial charge in [0.1, 0.15) is 0 Å². The molecule has 0 spiro atoms. The monoisotopic (exact) mass is 320 g/mol. The standard InChI is InChI=1S/C17H24N2O4/c1-3-5-9-19(10-6-4-2)17(21)16(20)18-13-7-8-14-15(11-13)23-12-22-14/h7-8,11H,3-6,9-10,12H2,1-2H3,(H,18,20). The van der Waals surface area contributed by atoms with Gasteiger partial charge in [0.15, 0.2) is 11.5 Å². The molecule has 6 nitrogen and oxygen atoms in total. The van der Waals surface area contributed by atoms with E-state index < -0.39 is 11.8 Å². The van der Waals surface area contributed by atoms with Crippen LogP contribution in [0.2, 0.25) is 0 Å². The average molecular weight is 320 g/mol. The topological polar surface area (TPSA) is 67.9 Å². The molecule has 0 aliphatic carbocycles. The van der Waals surface area contributed by atoms with E-state index in [-0.39, 0.29) is 6.79 Å². The number of anilines is 1. The van der Waals surface area contributed by atoms with Gasteiger partial charge in [-0.25, -0.2) is 0 Å². The third-order valence-corrected chi connectivity index (χ3v) is 3.68. The van der Waals surface area contributed by atoms with Gasteiger partial charge in [-0.05, 0) is 25.0 Å². The molecule has 1 N–H and O–H groups in total. The zero-order valence-electron chi connectivity index (χ0n) is 13.8. The van der Waals surface area contributed by atoms with Crippen molar-refractivity contribution < 1.29 is 19.1 Å². The Kier molecular flexibility index (Phi) is 6.26. The van der Waals surface area contributed by atoms with Crippen molar-refractivity contribution in [2.24, 2.45) is 0 Å². The summed E-state index contributed by atoms with van der Waals surface area (Å²) in [5.74, 6) is 0.117. The maximum atomic E-state index is 12.4. The van der Waals surface area contributed by atoms with Gasteiger partial charge in [-0.15, -0.1) is 0 Å². The zero-order chi connectivity index (χ0) is 16.7. The van der Waals surface area contributed by atoms with E-state index in [0.29, 0.717) is 30.3 Å². The van der Waals surface area contributed by atoms with Crippen LogP contribution in [0, 0.1) is 0 Å². The molecular weight excluding hydrogens is 296 g/mol. The number of hydrogen-bond donors (Lipinski definition) is 1. The first kappa shape index (κ1) is 17.1. The van der Waals surface area contributed by atoms with Gasteiger partial charge in [-0.2, -0.15) is 0 Å². The molecule has 6 heteroatoms. The van der Waals surface area contributed by atoms with E-state index in [9.17, 15) is 9.59 Å². The van der Waals surface area contributed by atoms with Crippen molar-refractivity contribution >= 4 is 17.5 Å². The van der Waals surface area contributed by atoms with E-state index in [1.807, 2.05) is 0 Å². The normalized spacial score (nSPS) is 12.1. The number of hydrogen-bond acceptors (Lipinski definition) is 4. The number of amides is 2. The first-order valence-corrected chi connectivity index (χ1v) is 8.15. The van der Waals surface area contributed by atoms with Crippen LogP contribution in [0.3, 0.4) is 0 Å². The Bertz CT molecular complexity index is 552. The van der Waals surface area contributed by atoms with E-state index in [2.05, 4.69) is 19.2 Å². The van der Waals surface area contributed by atoms with Gasteiger partial charge in [0.2, 0.25) is 6.79 Å². The van der Waals surface area contributed by atoms with Crippen LogP contribution in [0.15, 0.2) is 18.2 Å². The molecule has 126 valence electrons. The molecule has 1 aromatic carbocycles. The highest BCUT2D eigenvalue weighted by molar-refractivity contribution is 6.39. The molecule has 2 amide bonds. The number of carbonyl (C=O) groups excluding carboxylic acids is 2. The molecule has 0 bridgehead atoms. The number of nitrogens with one attached hydrogen (secondary N) is 1. The van der Waals surface area contributed by atoms with Crippen molar-refractivity contribution in [3.63, 3.8) is 0 Å². The quantitative estimate of drug-likeness (QED) is 0.784. The van der Waals surface area contributed by atoms with Crippen LogP contribution in [-0.2, 0) is 9.59 Å². The molecule has 0 saturated carbocycles. The van der Waals surface area contributed by atoms with Crippen molar-refractivity contribution in [3.05, 3.63) is 18.2 Å². The fraction of sp³-hybridized carbons (Fsp3) is 0.529. The van der Waals surface area contributed by atoms with Crippen molar-refractivity contribution in [1.82, 2.24) is 4.90 Å². The molecule has 0 fully saturated rings. The summed E-state index contributed by atoms with van der Waals surface area (Å²) in [5, 5.41) is 2.64. The van der Waals surface area contributed by atoms with E-state index in [4.69, 9.17) is 9.47 Å². The second kappa shape index (κ2) is 8.41. The van der Waals surface area contributed by atoms with Crippen LogP contribution in [0.1, 0.15) is 39.5 Å². The Morgan fingerprint density at radius 3 is 2.39 bits per heavy atom. The second-order valence-electron chi connectivity index (χ2n) is 5.52. The van der Waals surface area contributed by atoms with Crippen molar-refractivity contribution in [1.29, 1.82) is 0 Å². The molecule has 1 aromatic rings. The number of rotatable bonds is 7. The minimum Gasteiger partial charge on any atom is -0.454 e. The molecule has 0 aromatic heterocycles. The van der Waals surface area contributed by atoms with Crippen LogP contribution in [-0.4, -0.2) is 36.6 Å². The van der Waals surface area contributed by atoms with E-state index in [1.54, 1.807) is 23.1 Å². The molecule has 2 rings (SSSR count). The summed E-state index contributed by atoms with van der Waals surface area (Å²) in [6.45, 7) is 5.53. The predicted molar refractivity (Wildman–Crippen MR) is 87.6 cm³/mol. The minimum atomic E-state index is -0.615. The van der Waals surface area contributed by atoms with Crippen LogP contribution in [0.5, 0.6) is 11.5 Å². The van der Waals surface area contributed by atoms with Gasteiger partial charge in [-0.3, -0.25) is 9.59 Å². The maximum absolute atomic E-state index is 12.4. The molecule has 23 heavy (non-hydrogen) atoms. The van der Waals surface area contributed by atoms with E-state index >= 15 is 0 Å². The smallest absolute Gasteiger partial charge is 0.313 e. The lowest BCUT2D eigenvalue weighted by molar-refractivity contribution is -0.143. The van der Waals surface area contributed by atoms with Gasteiger partial charge < -0.3 is 19.7 Å². The summed E-state index contributed by atoms with van der Waals surface area (Å²) < 4.78 is 10.5. The second-order valence-corrected chi connectivity index (χ2v) is 5.52. The summed E-state index contributed by atoms with van der Waals surface area (Å²) in [7, 11) is 0. The lowest BCUT2D eigenvalue weighted by atomic mass is 10.2. The van der Waals surface area contributed by atoms with E-state index in [0.717, 1.165) is 25.7 Å². The van der Waals surface area contributed by atoms with Gasteiger partial charge in [-0.1, -0.05) is 26.7 Å². The Labute approximate surface area is 136 Å². The summed E-state index contributed by atoms with van der Waals surface area (Å²) >= 11 is 0. The summed E-state index contributed by atoms with van der Waals surface area (Å²) in [5.41, 5.74) is 0.526. The largest absolute Gasteiger partial charge is 0.454 e. The van der Waals surface area contributed by atoms with Gasteiger partial charge in [0, 0.05) is 24.8 Å². The van der Waals surface area contributed by atoms with Crippen LogP contribution in [0.25, 0.3) is 0 Å². The maximum Gasteiger partial charge on any atom is 0.313 e. The Morgan fingerprint density at radius 1 is 1.09 bits per heavy atom. The molecular formula is C17H24N2O4. The van der Waals surface area contributed by atoms with Crippen LogP contribution < -0.4 is 14.8 Å². The third kappa shape index (κ3) is 4.61. The first-order valence-electron chi connectivity index (χ1n) is 8.15. The highest BCUT2D eigenvalue weighted by Crippen LogP contribution is 2.34. The molecule has 0 unspecified atom stereocenters. The lowest BCUT2D eigenvalue weighted by Gasteiger charge is -2.21. The van der Waals surface area contributed by atoms with Crippen LogP contribution in [0.4, 0.5) is 5.69 Å². The van der Waals surface area contributed by atoms with Crippen molar-refractivity contribution in [2.75, 3.05) is 25.2 Å². The third-order valence-electron chi connectivity index (χ3n) is 3.68. The fourth-order valence-electron chi connectivity index (χ4n) is 2.32. The van der Waals surface area contributed by atoms with Crippen LogP contribution >= 0.6 is 0 Å². The highest BCUT2D eigenvalue weighted by atomic mass is 16.7. The molecule has 1 aliphatic rings. The Hall–Kier alpha value is -2.24. The molecule has 1 aliphatic heterocycles. The number of benzene rings is 1. The van der Waals surface area contributed by atoms with E-state index in [1.165, 1.54) is 0 Å². The highest BCUT2D eigenvalue weighted by Gasteiger charge is 2.22. The van der Waals surface area contributed by atoms with Gasteiger partial charge in [0.05, 0.1) is 0 Å². The summed E-state index contributed by atoms with van der Waals surface area (Å²) in [6, 6.07) is 5.07. The van der Waals surface area contributed by atoms with Gasteiger partial charge in [0.25, 0.3) is 0 Å². The zero-order valence-corrected chi connectivity index (χ0v) is 13.8. The lowest BCUT2D eigenvalue weighted by Crippen LogP contribution is -2.40. The Morgan fingerprint density at radius 2 is 1.74 bits per heavy atom. The summed E-state index contributed by atoms with van der Waals surface area (Å²) in [6.07, 6.45) is 3.76. The SMILES string of the molecule is CCCCN(CCCC)C(=O)C(=O)Nc1ccc2c(c1)OCO2. The first-order chi connectivity index (χ1) is 11.2. The fourth-order valence-corrected chi connectivity index (χ4v) is 2.32. The van der Waals surface area contributed by atoms with Crippen molar-refractivity contribution in [2.45, 2.75) is 39.5 Å². The number of nitrogens with zero attached hydrogens (tertiary/aromatic N) is 1. The molecule has 0 saturated heterocycles. The number of ether oxygens (including phenoxy) is 2. The molecule has 0 radical (unpaired) electrons. The minimum absolute atomic E-state index is 0.174. The average Bonchev–Trinajstić information content (AvgIpc) is 3.02. The molecule has 1 heterocycles. The van der Waals surface area contributed by atoms with Gasteiger partial charge >= 0.3 is 11.8 Å². The predicted octanol–water partition coefficient (Wildman–Crippen LogP) is 2.78. The number of carbonyl (C=O) groups is 2. The van der Waals surface area contributed by atoms with Crippen molar-refractivity contribution in [3.8, 4) is 11.5 Å².